The molecule has 1 aliphatic heterocycles. The van der Waals surface area contributed by atoms with Crippen LogP contribution in [-0.4, -0.2) is 51.8 Å². The highest BCUT2D eigenvalue weighted by atomic mass is 16.4. The highest BCUT2D eigenvalue weighted by molar-refractivity contribution is 6.10. The van der Waals surface area contributed by atoms with Crippen LogP contribution in [-0.2, 0) is 9.59 Å². The lowest BCUT2D eigenvalue weighted by Crippen LogP contribution is -2.50. The molecule has 2 aromatic rings. The number of nitrogens with one attached hydrogen (secondary N) is 1. The minimum Gasteiger partial charge on any atom is -0.481 e. The summed E-state index contributed by atoms with van der Waals surface area (Å²) in [5, 5.41) is 16.7. The Bertz CT molecular complexity index is 1220. The Morgan fingerprint density at radius 3 is 2.26 bits per heavy atom. The monoisotopic (exact) mass is 460 g/mol. The summed E-state index contributed by atoms with van der Waals surface area (Å²) < 4.78 is 0. The molecule has 1 heterocycles. The van der Waals surface area contributed by atoms with Crippen molar-refractivity contribution in [2.24, 2.45) is 5.73 Å². The van der Waals surface area contributed by atoms with Gasteiger partial charge in [-0.15, -0.1) is 0 Å². The van der Waals surface area contributed by atoms with E-state index >= 15 is 0 Å². The first-order valence-electron chi connectivity index (χ1n) is 10.8. The van der Waals surface area contributed by atoms with Gasteiger partial charge in [0.2, 0.25) is 5.91 Å². The second kappa shape index (κ2) is 9.40. The largest absolute Gasteiger partial charge is 0.481 e. The topological polar surface area (TPSA) is 128 Å². The summed E-state index contributed by atoms with van der Waals surface area (Å²) in [6, 6.07) is 11.4. The van der Waals surface area contributed by atoms with Gasteiger partial charge < -0.3 is 20.6 Å². The first-order valence-corrected chi connectivity index (χ1v) is 10.8. The van der Waals surface area contributed by atoms with E-state index in [9.17, 15) is 19.5 Å². The van der Waals surface area contributed by atoms with Crippen molar-refractivity contribution in [1.29, 1.82) is 5.41 Å². The van der Waals surface area contributed by atoms with Crippen LogP contribution >= 0.6 is 0 Å². The molecule has 0 unspecified atom stereocenters. The number of nitrogens with zero attached hydrogens (tertiary/aromatic N) is 2. The molecular formula is C26H28N4O4. The predicted molar refractivity (Wildman–Crippen MR) is 130 cm³/mol. The summed E-state index contributed by atoms with van der Waals surface area (Å²) in [6.45, 7) is 7.07. The number of hydrogen-bond donors (Lipinski definition) is 3. The molecule has 0 radical (unpaired) electrons. The van der Waals surface area contributed by atoms with E-state index in [0.29, 0.717) is 22.4 Å². The van der Waals surface area contributed by atoms with Crippen molar-refractivity contribution in [2.75, 3.05) is 11.4 Å². The molecule has 0 saturated carbocycles. The summed E-state index contributed by atoms with van der Waals surface area (Å²) in [5.74, 6) is 4.32. The van der Waals surface area contributed by atoms with Crippen LogP contribution in [0.1, 0.15) is 61.2 Å². The smallest absolute Gasteiger partial charge is 0.305 e. The highest BCUT2D eigenvalue weighted by Crippen LogP contribution is 2.33. The van der Waals surface area contributed by atoms with Gasteiger partial charge in [0.15, 0.2) is 0 Å². The summed E-state index contributed by atoms with van der Waals surface area (Å²) >= 11 is 0. The van der Waals surface area contributed by atoms with Gasteiger partial charge in [-0.05, 0) is 58.0 Å². The number of nitrogens with two attached hydrogens (primary N) is 1. The molecule has 0 bridgehead atoms. The summed E-state index contributed by atoms with van der Waals surface area (Å²) in [7, 11) is 0. The van der Waals surface area contributed by atoms with Gasteiger partial charge in [0.25, 0.3) is 5.91 Å². The van der Waals surface area contributed by atoms with Crippen LogP contribution in [0.2, 0.25) is 0 Å². The van der Waals surface area contributed by atoms with E-state index in [1.807, 2.05) is 20.8 Å². The van der Waals surface area contributed by atoms with Gasteiger partial charge in [0, 0.05) is 28.3 Å². The Labute approximate surface area is 198 Å². The Balaban J connectivity index is 2.05. The minimum atomic E-state index is -1.04. The van der Waals surface area contributed by atoms with Crippen LogP contribution in [0.5, 0.6) is 0 Å². The van der Waals surface area contributed by atoms with Gasteiger partial charge in [-0.3, -0.25) is 19.8 Å². The van der Waals surface area contributed by atoms with E-state index in [2.05, 4.69) is 11.8 Å². The molecule has 0 spiro atoms. The van der Waals surface area contributed by atoms with Crippen LogP contribution in [0.3, 0.4) is 0 Å². The van der Waals surface area contributed by atoms with E-state index in [-0.39, 0.29) is 24.7 Å². The number of amides is 2. The van der Waals surface area contributed by atoms with Crippen molar-refractivity contribution >= 4 is 29.3 Å². The van der Waals surface area contributed by atoms with Crippen LogP contribution in [0.25, 0.3) is 0 Å². The molecule has 4 N–H and O–H groups in total. The Morgan fingerprint density at radius 2 is 1.71 bits per heavy atom. The third kappa shape index (κ3) is 5.26. The lowest BCUT2D eigenvalue weighted by atomic mass is 10.0. The second-order valence-electron chi connectivity index (χ2n) is 9.25. The fourth-order valence-corrected chi connectivity index (χ4v) is 3.89. The number of anilines is 1. The maximum Gasteiger partial charge on any atom is 0.305 e. The number of carbonyl (C=O) groups excluding carboxylic acids is 2. The summed E-state index contributed by atoms with van der Waals surface area (Å²) in [4.78, 5) is 40.8. The van der Waals surface area contributed by atoms with E-state index < -0.39 is 23.5 Å². The van der Waals surface area contributed by atoms with E-state index in [1.165, 1.54) is 4.90 Å². The zero-order chi connectivity index (χ0) is 25.2. The normalized spacial score (nSPS) is 14.6. The lowest BCUT2D eigenvalue weighted by molar-refractivity contribution is -0.138. The maximum absolute atomic E-state index is 13.5. The molecule has 176 valence electrons. The third-order valence-electron chi connectivity index (χ3n) is 5.50. The van der Waals surface area contributed by atoms with Gasteiger partial charge in [0.1, 0.15) is 12.4 Å². The van der Waals surface area contributed by atoms with Crippen molar-refractivity contribution in [3.05, 3.63) is 64.7 Å². The van der Waals surface area contributed by atoms with Crippen LogP contribution < -0.4 is 10.6 Å². The quantitative estimate of drug-likeness (QED) is 0.367. The van der Waals surface area contributed by atoms with E-state index in [1.54, 1.807) is 54.3 Å². The van der Waals surface area contributed by atoms with E-state index in [0.717, 1.165) is 5.56 Å². The molecule has 0 aliphatic carbocycles. The minimum absolute atomic E-state index is 0.0246. The molecule has 1 aliphatic rings. The van der Waals surface area contributed by atoms with Gasteiger partial charge >= 0.3 is 5.97 Å². The van der Waals surface area contributed by atoms with Crippen molar-refractivity contribution in [2.45, 2.75) is 45.7 Å². The number of fused-ring (bicyclic) bond motifs is 1. The second-order valence-corrected chi connectivity index (χ2v) is 9.25. The molecule has 34 heavy (non-hydrogen) atoms. The van der Waals surface area contributed by atoms with Crippen LogP contribution in [0, 0.1) is 17.3 Å². The van der Waals surface area contributed by atoms with E-state index in [4.69, 9.17) is 11.1 Å². The standard InChI is InChI=1S/C26H28N4O4/c1-16(13-23(32)33)29-15-22(31)30(26(2,3)4)21-12-9-18(14-20(21)25(29)34)6-5-17-7-10-19(11-8-17)24(27)28/h7-12,14,16H,13,15H2,1-4H3,(H3,27,28)(H,32,33)/t16-/m1/s1. The number of aliphatic carboxylic acids is 1. The van der Waals surface area contributed by atoms with Gasteiger partial charge in [0.05, 0.1) is 17.7 Å². The first-order chi connectivity index (χ1) is 15.9. The summed E-state index contributed by atoms with van der Waals surface area (Å²) in [5.41, 5.74) is 7.56. The van der Waals surface area contributed by atoms with Crippen LogP contribution in [0.15, 0.2) is 42.5 Å². The lowest BCUT2D eigenvalue weighted by Gasteiger charge is -2.35. The summed E-state index contributed by atoms with van der Waals surface area (Å²) in [6.07, 6.45) is -0.264. The Hall–Kier alpha value is -4.12. The number of amidine groups is 1. The number of carbonyl (C=O) groups is 3. The molecule has 8 nitrogen and oxygen atoms in total. The van der Waals surface area contributed by atoms with Gasteiger partial charge in [-0.25, -0.2) is 0 Å². The fourth-order valence-electron chi connectivity index (χ4n) is 3.89. The Kier molecular flexibility index (Phi) is 6.78. The van der Waals surface area contributed by atoms with Crippen LogP contribution in [0.4, 0.5) is 5.69 Å². The van der Waals surface area contributed by atoms with Crippen molar-refractivity contribution < 1.29 is 19.5 Å². The number of hydrogen-bond acceptors (Lipinski definition) is 4. The average molecular weight is 461 g/mol. The number of carboxylic acids is 1. The van der Waals surface area contributed by atoms with Crippen molar-refractivity contribution in [3.63, 3.8) is 0 Å². The fraction of sp³-hybridized carbons (Fsp3) is 0.308. The molecule has 2 aromatic carbocycles. The molecular weight excluding hydrogens is 432 g/mol. The van der Waals surface area contributed by atoms with Crippen molar-refractivity contribution in [1.82, 2.24) is 4.90 Å². The van der Waals surface area contributed by atoms with Crippen molar-refractivity contribution in [3.8, 4) is 11.8 Å². The number of benzene rings is 2. The zero-order valence-electron chi connectivity index (χ0n) is 19.7. The molecule has 8 heteroatoms. The third-order valence-corrected chi connectivity index (χ3v) is 5.50. The van der Waals surface area contributed by atoms with Gasteiger partial charge in [-0.2, -0.15) is 0 Å². The Morgan fingerprint density at radius 1 is 1.12 bits per heavy atom. The first kappa shape index (κ1) is 24.5. The van der Waals surface area contributed by atoms with Gasteiger partial charge in [-0.1, -0.05) is 24.0 Å². The molecule has 0 saturated heterocycles. The molecule has 0 aromatic heterocycles. The zero-order valence-corrected chi connectivity index (χ0v) is 19.7. The number of rotatable bonds is 4. The molecule has 0 fully saturated rings. The predicted octanol–water partition coefficient (Wildman–Crippen LogP) is 2.82. The SMILES string of the molecule is C[C@H](CC(=O)O)N1CC(=O)N(C(C)(C)C)c2ccc(C#Cc3ccc(C(=N)N)cc3)cc2C1=O. The molecule has 3 rings (SSSR count). The maximum atomic E-state index is 13.5. The number of carboxylic acid groups (broad SMARTS) is 1. The number of nitrogen functional groups attached to an aromatic ring is 1. The molecule has 2 amide bonds. The molecule has 1 atom stereocenters. The average Bonchev–Trinajstić information content (AvgIpc) is 2.85. The highest BCUT2D eigenvalue weighted by Gasteiger charge is 2.38.